The van der Waals surface area contributed by atoms with Crippen LogP contribution in [0.4, 0.5) is 15.8 Å². The van der Waals surface area contributed by atoms with E-state index in [0.29, 0.717) is 5.75 Å². The minimum absolute atomic E-state index is 0.0685. The van der Waals surface area contributed by atoms with Gasteiger partial charge in [-0.1, -0.05) is 0 Å². The second-order valence-corrected chi connectivity index (χ2v) is 6.43. The summed E-state index contributed by atoms with van der Waals surface area (Å²) >= 11 is 0. The molecule has 0 aliphatic carbocycles. The molecule has 0 atom stereocenters. The first kappa shape index (κ1) is 17.5. The Kier molecular flexibility index (Phi) is 4.65. The number of carbonyl (C=O) groups is 1. The molecule has 4 N–H and O–H groups in total. The third-order valence-corrected chi connectivity index (χ3v) is 4.56. The molecule has 2 aromatic rings. The maximum atomic E-state index is 13.0. The lowest BCUT2D eigenvalue weighted by atomic mass is 10.2. The summed E-state index contributed by atoms with van der Waals surface area (Å²) in [5.74, 6) is -1.59. The van der Waals surface area contributed by atoms with Gasteiger partial charge < -0.3 is 20.4 Å². The monoisotopic (exact) mass is 354 g/mol. The Labute approximate surface area is 138 Å². The summed E-state index contributed by atoms with van der Waals surface area (Å²) in [7, 11) is -3.06. The van der Waals surface area contributed by atoms with Crippen LogP contribution in [0.15, 0.2) is 35.2 Å². The van der Waals surface area contributed by atoms with Crippen LogP contribution in [0.2, 0.25) is 0 Å². The third kappa shape index (κ3) is 3.40. The van der Waals surface area contributed by atoms with Crippen LogP contribution in [0.25, 0.3) is 0 Å². The molecule has 0 fully saturated rings. The molecule has 0 unspecified atom stereocenters. The highest BCUT2D eigenvalue weighted by Gasteiger charge is 2.25. The topological polar surface area (TPSA) is 122 Å². The molecule has 24 heavy (non-hydrogen) atoms. The van der Waals surface area contributed by atoms with Gasteiger partial charge in [-0.05, 0) is 42.8 Å². The largest absolute Gasteiger partial charge is 0.495 e. The zero-order valence-electron chi connectivity index (χ0n) is 12.9. The highest BCUT2D eigenvalue weighted by molar-refractivity contribution is 7.87. The lowest BCUT2D eigenvalue weighted by molar-refractivity contribution is 0.0747. The molecule has 0 aliphatic heterocycles. The Morgan fingerprint density at radius 3 is 2.38 bits per heavy atom. The van der Waals surface area contributed by atoms with E-state index in [0.717, 1.165) is 24.3 Å². The Balaban J connectivity index is 2.38. The van der Waals surface area contributed by atoms with Gasteiger partial charge in [0.2, 0.25) is 0 Å². The molecule has 7 nitrogen and oxygen atoms in total. The van der Waals surface area contributed by atoms with Gasteiger partial charge in [-0.2, -0.15) is 8.42 Å². The molecule has 128 valence electrons. The summed E-state index contributed by atoms with van der Waals surface area (Å²) in [6.07, 6.45) is 0. The number of aryl methyl sites for hydroxylation is 1. The summed E-state index contributed by atoms with van der Waals surface area (Å²) < 4.78 is 47.2. The predicted octanol–water partition coefficient (Wildman–Crippen LogP) is 1.85. The quantitative estimate of drug-likeness (QED) is 0.634. The van der Waals surface area contributed by atoms with Crippen LogP contribution in [0, 0.1) is 12.7 Å². The van der Waals surface area contributed by atoms with Gasteiger partial charge in [0.15, 0.2) is 0 Å². The number of anilines is 2. The van der Waals surface area contributed by atoms with Gasteiger partial charge in [-0.3, -0.25) is 0 Å². The lowest BCUT2D eigenvalue weighted by Crippen LogP contribution is -2.16. The molecule has 0 aliphatic rings. The fourth-order valence-electron chi connectivity index (χ4n) is 2.03. The van der Waals surface area contributed by atoms with E-state index in [4.69, 9.17) is 16.2 Å². The summed E-state index contributed by atoms with van der Waals surface area (Å²) in [6.45, 7) is 1.49. The third-order valence-electron chi connectivity index (χ3n) is 3.22. The fraction of sp³-hybridized carbons (Fsp3) is 0.133. The van der Waals surface area contributed by atoms with Gasteiger partial charge in [-0.25, -0.2) is 9.18 Å². The Morgan fingerprint density at radius 2 is 1.79 bits per heavy atom. The van der Waals surface area contributed by atoms with Crippen molar-refractivity contribution in [3.8, 4) is 5.75 Å². The van der Waals surface area contributed by atoms with E-state index in [-0.39, 0.29) is 27.4 Å². The average molecular weight is 354 g/mol. The number of ether oxygens (including phenoxy) is 1. The zero-order chi connectivity index (χ0) is 18.1. The number of rotatable bonds is 4. The minimum Gasteiger partial charge on any atom is -0.495 e. The molecule has 0 amide bonds. The summed E-state index contributed by atoms with van der Waals surface area (Å²) in [6, 6.07) is 5.43. The summed E-state index contributed by atoms with van der Waals surface area (Å²) in [5.41, 5.74) is 11.0. The standard InChI is InChI=1S/C15H15FN2O5S/c1-8-5-13(22-2)12(18)7-14(8)24(20,21)23-15(19)10-4-3-9(16)6-11(10)17/h3-7H,17-18H2,1-2H3. The molecule has 0 saturated carbocycles. The van der Waals surface area contributed by atoms with Crippen LogP contribution in [0.1, 0.15) is 15.9 Å². The smallest absolute Gasteiger partial charge is 0.356 e. The maximum Gasteiger partial charge on any atom is 0.356 e. The first-order valence-corrected chi connectivity index (χ1v) is 8.04. The Bertz CT molecular complexity index is 912. The number of benzene rings is 2. The van der Waals surface area contributed by atoms with E-state index >= 15 is 0 Å². The Morgan fingerprint density at radius 1 is 1.12 bits per heavy atom. The maximum absolute atomic E-state index is 13.0. The van der Waals surface area contributed by atoms with E-state index in [9.17, 15) is 17.6 Å². The van der Waals surface area contributed by atoms with Gasteiger partial charge in [-0.15, -0.1) is 0 Å². The van der Waals surface area contributed by atoms with Crippen LogP contribution in [-0.4, -0.2) is 21.5 Å². The van der Waals surface area contributed by atoms with E-state index in [1.54, 1.807) is 0 Å². The first-order valence-electron chi connectivity index (χ1n) is 6.63. The van der Waals surface area contributed by atoms with Crippen LogP contribution in [0.5, 0.6) is 5.75 Å². The van der Waals surface area contributed by atoms with Crippen molar-refractivity contribution >= 4 is 27.5 Å². The van der Waals surface area contributed by atoms with Crippen LogP contribution in [0.3, 0.4) is 0 Å². The number of nitrogens with two attached hydrogens (primary N) is 2. The van der Waals surface area contributed by atoms with Crippen molar-refractivity contribution in [2.24, 2.45) is 0 Å². The van der Waals surface area contributed by atoms with E-state index in [1.807, 2.05) is 0 Å². The normalized spacial score (nSPS) is 11.1. The van der Waals surface area contributed by atoms with Crippen molar-refractivity contribution in [2.45, 2.75) is 11.8 Å². The number of methoxy groups -OCH3 is 1. The van der Waals surface area contributed by atoms with Gasteiger partial charge in [0.1, 0.15) is 16.5 Å². The zero-order valence-corrected chi connectivity index (χ0v) is 13.7. The fourth-order valence-corrected chi connectivity index (χ4v) is 3.14. The van der Waals surface area contributed by atoms with Crippen LogP contribution in [-0.2, 0) is 14.3 Å². The molecule has 0 aromatic heterocycles. The van der Waals surface area contributed by atoms with Gasteiger partial charge in [0.05, 0.1) is 18.4 Å². The lowest BCUT2D eigenvalue weighted by Gasteiger charge is -2.12. The molecule has 2 rings (SSSR count). The van der Waals surface area contributed by atoms with E-state index in [1.165, 1.54) is 20.1 Å². The number of nitrogen functional groups attached to an aromatic ring is 2. The minimum atomic E-state index is -4.45. The Hall–Kier alpha value is -2.81. The van der Waals surface area contributed by atoms with Crippen molar-refractivity contribution < 1.29 is 26.5 Å². The highest BCUT2D eigenvalue weighted by atomic mass is 32.2. The molecule has 9 heteroatoms. The van der Waals surface area contributed by atoms with Crippen molar-refractivity contribution in [2.75, 3.05) is 18.6 Å². The van der Waals surface area contributed by atoms with Crippen molar-refractivity contribution in [3.63, 3.8) is 0 Å². The second kappa shape index (κ2) is 6.36. The molecule has 0 radical (unpaired) electrons. The van der Waals surface area contributed by atoms with Crippen molar-refractivity contribution in [3.05, 3.63) is 47.3 Å². The SMILES string of the molecule is COc1cc(C)c(S(=O)(=O)OC(=O)c2ccc(F)cc2N)cc1N. The molecular formula is C15H15FN2O5S. The molecular weight excluding hydrogens is 339 g/mol. The van der Waals surface area contributed by atoms with Gasteiger partial charge in [0, 0.05) is 5.69 Å². The number of carbonyl (C=O) groups excluding carboxylic acids is 1. The number of hydrogen-bond donors (Lipinski definition) is 2. The highest BCUT2D eigenvalue weighted by Crippen LogP contribution is 2.29. The van der Waals surface area contributed by atoms with Gasteiger partial charge in [0.25, 0.3) is 0 Å². The second-order valence-electron chi connectivity index (χ2n) is 4.92. The number of halogens is 1. The molecule has 0 saturated heterocycles. The average Bonchev–Trinajstić information content (AvgIpc) is 2.48. The predicted molar refractivity (Wildman–Crippen MR) is 85.6 cm³/mol. The van der Waals surface area contributed by atoms with Crippen molar-refractivity contribution in [1.29, 1.82) is 0 Å². The molecule has 2 aromatic carbocycles. The van der Waals surface area contributed by atoms with Gasteiger partial charge >= 0.3 is 16.1 Å². The van der Waals surface area contributed by atoms with E-state index in [2.05, 4.69) is 4.18 Å². The van der Waals surface area contributed by atoms with E-state index < -0.39 is 21.9 Å². The summed E-state index contributed by atoms with van der Waals surface area (Å²) in [4.78, 5) is 11.7. The molecule has 0 heterocycles. The first-order chi connectivity index (χ1) is 11.2. The van der Waals surface area contributed by atoms with Crippen LogP contribution >= 0.6 is 0 Å². The molecule has 0 spiro atoms. The number of hydrogen-bond acceptors (Lipinski definition) is 7. The summed E-state index contributed by atoms with van der Waals surface area (Å²) in [5, 5.41) is 0. The van der Waals surface area contributed by atoms with Crippen LogP contribution < -0.4 is 16.2 Å². The van der Waals surface area contributed by atoms with Crippen molar-refractivity contribution in [1.82, 2.24) is 0 Å². The molecule has 0 bridgehead atoms.